The van der Waals surface area contributed by atoms with Gasteiger partial charge in [-0.05, 0) is 30.4 Å². The Balaban J connectivity index is 1.85. The molecule has 0 aliphatic heterocycles. The van der Waals surface area contributed by atoms with Crippen LogP contribution in [-0.2, 0) is 13.5 Å². The number of carbonyl (C=O) groups excluding carboxylic acids is 1. The molecule has 112 valence electrons. The van der Waals surface area contributed by atoms with Crippen molar-refractivity contribution in [3.05, 3.63) is 38.8 Å². The number of benzene rings is 1. The van der Waals surface area contributed by atoms with Gasteiger partial charge in [0, 0.05) is 35.7 Å². The fraction of sp³-hybridized carbons (Fsp3) is 0.250. The Bertz CT molecular complexity index is 692. The normalized spacial score (nSPS) is 10.4. The standard InChI is InChI=1S/C12H13Cl2N5OS/c1-19-10(17-18-12(19)21)2-3-15-11(20)16-9-5-7(13)4-8(14)6-9/h4-6H,2-3H2,1H3,(H,18,21)(H2,15,16,20). The maximum absolute atomic E-state index is 11.8. The molecule has 0 spiro atoms. The minimum Gasteiger partial charge on any atom is -0.337 e. The number of anilines is 1. The number of hydrogen-bond acceptors (Lipinski definition) is 3. The Hall–Kier alpha value is -1.57. The monoisotopic (exact) mass is 345 g/mol. The van der Waals surface area contributed by atoms with Crippen LogP contribution >= 0.6 is 35.4 Å². The summed E-state index contributed by atoms with van der Waals surface area (Å²) < 4.78 is 2.30. The maximum Gasteiger partial charge on any atom is 0.319 e. The first-order valence-corrected chi connectivity index (χ1v) is 7.23. The van der Waals surface area contributed by atoms with Crippen LogP contribution < -0.4 is 10.6 Å². The van der Waals surface area contributed by atoms with E-state index in [2.05, 4.69) is 20.8 Å². The summed E-state index contributed by atoms with van der Waals surface area (Å²) in [5.74, 6) is 0.770. The fourth-order valence-electron chi connectivity index (χ4n) is 1.69. The van der Waals surface area contributed by atoms with E-state index in [0.29, 0.717) is 33.5 Å². The van der Waals surface area contributed by atoms with Gasteiger partial charge in [0.15, 0.2) is 4.77 Å². The predicted molar refractivity (Wildman–Crippen MR) is 85.6 cm³/mol. The van der Waals surface area contributed by atoms with Crippen molar-refractivity contribution in [2.75, 3.05) is 11.9 Å². The second kappa shape index (κ2) is 6.93. The smallest absolute Gasteiger partial charge is 0.319 e. The minimum atomic E-state index is -0.342. The molecule has 21 heavy (non-hydrogen) atoms. The van der Waals surface area contributed by atoms with Gasteiger partial charge >= 0.3 is 6.03 Å². The van der Waals surface area contributed by atoms with Crippen LogP contribution in [0, 0.1) is 4.77 Å². The SMILES string of the molecule is Cn1c(CCNC(=O)Nc2cc(Cl)cc(Cl)c2)n[nH]c1=S. The second-order valence-electron chi connectivity index (χ2n) is 4.29. The molecule has 2 amide bonds. The van der Waals surface area contributed by atoms with Crippen molar-refractivity contribution in [1.82, 2.24) is 20.1 Å². The van der Waals surface area contributed by atoms with Gasteiger partial charge in [-0.1, -0.05) is 23.2 Å². The van der Waals surface area contributed by atoms with Crippen molar-refractivity contribution in [1.29, 1.82) is 0 Å². The summed E-state index contributed by atoms with van der Waals surface area (Å²) in [5.41, 5.74) is 0.531. The van der Waals surface area contributed by atoms with Gasteiger partial charge in [-0.25, -0.2) is 4.79 Å². The van der Waals surface area contributed by atoms with Gasteiger partial charge in [0.1, 0.15) is 5.82 Å². The van der Waals surface area contributed by atoms with E-state index in [1.54, 1.807) is 22.8 Å². The highest BCUT2D eigenvalue weighted by Crippen LogP contribution is 2.22. The number of nitrogens with zero attached hydrogens (tertiary/aromatic N) is 2. The first-order chi connectivity index (χ1) is 9.95. The summed E-state index contributed by atoms with van der Waals surface area (Å²) in [7, 11) is 1.81. The first kappa shape index (κ1) is 15.8. The van der Waals surface area contributed by atoms with E-state index in [9.17, 15) is 4.79 Å². The van der Waals surface area contributed by atoms with Crippen molar-refractivity contribution in [3.8, 4) is 0 Å². The number of hydrogen-bond donors (Lipinski definition) is 3. The molecule has 6 nitrogen and oxygen atoms in total. The molecule has 2 rings (SSSR count). The van der Waals surface area contributed by atoms with Crippen LogP contribution in [0.3, 0.4) is 0 Å². The average molecular weight is 346 g/mol. The lowest BCUT2D eigenvalue weighted by Gasteiger charge is -2.08. The number of H-pyrrole nitrogens is 1. The molecular weight excluding hydrogens is 333 g/mol. The van der Waals surface area contributed by atoms with E-state index < -0.39 is 0 Å². The van der Waals surface area contributed by atoms with Crippen LogP contribution in [0.25, 0.3) is 0 Å². The van der Waals surface area contributed by atoms with E-state index in [4.69, 9.17) is 35.4 Å². The van der Waals surface area contributed by atoms with Crippen LogP contribution in [0.15, 0.2) is 18.2 Å². The van der Waals surface area contributed by atoms with E-state index in [1.807, 2.05) is 7.05 Å². The van der Waals surface area contributed by atoms with Gasteiger partial charge < -0.3 is 15.2 Å². The van der Waals surface area contributed by atoms with Gasteiger partial charge in [0.25, 0.3) is 0 Å². The van der Waals surface area contributed by atoms with Gasteiger partial charge in [-0.2, -0.15) is 5.10 Å². The molecule has 0 unspecified atom stereocenters. The number of carbonyl (C=O) groups is 1. The quantitative estimate of drug-likeness (QED) is 0.745. The number of urea groups is 1. The second-order valence-corrected chi connectivity index (χ2v) is 5.55. The number of rotatable bonds is 4. The van der Waals surface area contributed by atoms with Gasteiger partial charge in [-0.3, -0.25) is 5.10 Å². The molecule has 0 bridgehead atoms. The predicted octanol–water partition coefficient (Wildman–Crippen LogP) is 3.15. The van der Waals surface area contributed by atoms with Crippen LogP contribution in [-0.4, -0.2) is 27.3 Å². The highest BCUT2D eigenvalue weighted by Gasteiger charge is 2.05. The Morgan fingerprint density at radius 2 is 2.05 bits per heavy atom. The van der Waals surface area contributed by atoms with Crippen molar-refractivity contribution in [2.45, 2.75) is 6.42 Å². The van der Waals surface area contributed by atoms with Gasteiger partial charge in [0.2, 0.25) is 0 Å². The van der Waals surface area contributed by atoms with Crippen molar-refractivity contribution in [2.24, 2.45) is 7.05 Å². The largest absolute Gasteiger partial charge is 0.337 e. The molecule has 0 saturated heterocycles. The molecule has 1 aromatic heterocycles. The molecule has 9 heteroatoms. The van der Waals surface area contributed by atoms with Crippen LogP contribution in [0.1, 0.15) is 5.82 Å². The van der Waals surface area contributed by atoms with E-state index in [0.717, 1.165) is 5.82 Å². The summed E-state index contributed by atoms with van der Waals surface area (Å²) >= 11 is 16.7. The number of nitrogens with one attached hydrogen (secondary N) is 3. The summed E-state index contributed by atoms with van der Waals surface area (Å²) in [5, 5.41) is 13.0. The van der Waals surface area contributed by atoms with E-state index >= 15 is 0 Å². The number of halogens is 2. The van der Waals surface area contributed by atoms with Crippen molar-refractivity contribution in [3.63, 3.8) is 0 Å². The third-order valence-corrected chi connectivity index (χ3v) is 3.53. The minimum absolute atomic E-state index is 0.342. The third-order valence-electron chi connectivity index (χ3n) is 2.73. The molecule has 0 aliphatic carbocycles. The van der Waals surface area contributed by atoms with E-state index in [-0.39, 0.29) is 6.03 Å². The number of aromatic nitrogens is 3. The molecule has 0 saturated carbocycles. The Morgan fingerprint density at radius 3 is 2.62 bits per heavy atom. The lowest BCUT2D eigenvalue weighted by Crippen LogP contribution is -2.30. The lowest BCUT2D eigenvalue weighted by atomic mass is 10.3. The van der Waals surface area contributed by atoms with Gasteiger partial charge in [-0.15, -0.1) is 0 Å². The molecule has 0 fully saturated rings. The third kappa shape index (κ3) is 4.45. The fourth-order valence-corrected chi connectivity index (χ4v) is 2.37. The molecule has 1 heterocycles. The molecule has 0 radical (unpaired) electrons. The Morgan fingerprint density at radius 1 is 1.38 bits per heavy atom. The zero-order chi connectivity index (χ0) is 15.4. The zero-order valence-electron chi connectivity index (χ0n) is 11.1. The van der Waals surface area contributed by atoms with Crippen LogP contribution in [0.4, 0.5) is 10.5 Å². The van der Waals surface area contributed by atoms with Crippen molar-refractivity contribution < 1.29 is 4.79 Å². The van der Waals surface area contributed by atoms with E-state index in [1.165, 1.54) is 0 Å². The number of amides is 2. The molecule has 3 N–H and O–H groups in total. The lowest BCUT2D eigenvalue weighted by molar-refractivity contribution is 0.252. The van der Waals surface area contributed by atoms with Crippen molar-refractivity contribution >= 4 is 47.1 Å². The summed E-state index contributed by atoms with van der Waals surface area (Å²) in [6.07, 6.45) is 0.563. The van der Waals surface area contributed by atoms with Gasteiger partial charge in [0.05, 0.1) is 0 Å². The molecule has 0 atom stereocenters. The average Bonchev–Trinajstić information content (AvgIpc) is 2.69. The summed E-state index contributed by atoms with van der Waals surface area (Å²) in [4.78, 5) is 11.8. The first-order valence-electron chi connectivity index (χ1n) is 6.07. The molecule has 0 aliphatic rings. The Labute approximate surface area is 136 Å². The topological polar surface area (TPSA) is 74.7 Å². The Kier molecular flexibility index (Phi) is 5.22. The highest BCUT2D eigenvalue weighted by atomic mass is 35.5. The zero-order valence-corrected chi connectivity index (χ0v) is 13.4. The molecule has 2 aromatic rings. The summed E-state index contributed by atoms with van der Waals surface area (Å²) in [6.45, 7) is 0.424. The summed E-state index contributed by atoms with van der Waals surface area (Å²) in [6, 6.07) is 4.48. The number of aromatic amines is 1. The molecule has 1 aromatic carbocycles. The maximum atomic E-state index is 11.8. The molecular formula is C12H13Cl2N5OS. The van der Waals surface area contributed by atoms with Crippen LogP contribution in [0.5, 0.6) is 0 Å². The van der Waals surface area contributed by atoms with Crippen LogP contribution in [0.2, 0.25) is 10.0 Å². The highest BCUT2D eigenvalue weighted by molar-refractivity contribution is 7.71.